The van der Waals surface area contributed by atoms with Gasteiger partial charge in [0.2, 0.25) is 16.9 Å². The molecule has 3 heterocycles. The lowest BCUT2D eigenvalue weighted by Gasteiger charge is -2.14. The van der Waals surface area contributed by atoms with E-state index in [0.29, 0.717) is 35.0 Å². The van der Waals surface area contributed by atoms with E-state index in [1.54, 1.807) is 12.4 Å². The van der Waals surface area contributed by atoms with Crippen LogP contribution in [0.1, 0.15) is 49.0 Å². The highest BCUT2D eigenvalue weighted by Gasteiger charge is 2.14. The smallest absolute Gasteiger partial charge is 0.226 e. The second-order valence-electron chi connectivity index (χ2n) is 7.95. The molecule has 0 amide bonds. The van der Waals surface area contributed by atoms with Gasteiger partial charge in [-0.3, -0.25) is 4.98 Å². The van der Waals surface area contributed by atoms with Gasteiger partial charge >= 0.3 is 0 Å². The summed E-state index contributed by atoms with van der Waals surface area (Å²) in [6.45, 7) is 6.59. The van der Waals surface area contributed by atoms with Crippen LogP contribution < -0.4 is 10.6 Å². The van der Waals surface area contributed by atoms with Crippen LogP contribution >= 0.6 is 11.8 Å². The lowest BCUT2D eigenvalue weighted by atomic mass is 10.0. The van der Waals surface area contributed by atoms with Crippen LogP contribution in [0.25, 0.3) is 11.4 Å². The van der Waals surface area contributed by atoms with Crippen LogP contribution in [-0.4, -0.2) is 35.8 Å². The molecule has 0 radical (unpaired) electrons. The van der Waals surface area contributed by atoms with Crippen molar-refractivity contribution in [2.75, 3.05) is 11.6 Å². The zero-order valence-corrected chi connectivity index (χ0v) is 19.7. The highest BCUT2D eigenvalue weighted by Crippen LogP contribution is 2.28. The summed E-state index contributed by atoms with van der Waals surface area (Å²) in [5, 5.41) is 13.1. The fourth-order valence-electron chi connectivity index (χ4n) is 3.25. The minimum atomic E-state index is 0.257. The Hall–Kier alpha value is -3.40. The summed E-state index contributed by atoms with van der Waals surface area (Å²) in [4.78, 5) is 8.43. The Morgan fingerprint density at radius 1 is 1.15 bits per heavy atom. The second-order valence-corrected chi connectivity index (χ2v) is 9.02. The van der Waals surface area contributed by atoms with Gasteiger partial charge in [-0.1, -0.05) is 42.9 Å². The van der Waals surface area contributed by atoms with Gasteiger partial charge in [-0.05, 0) is 48.6 Å². The van der Waals surface area contributed by atoms with Crippen molar-refractivity contribution in [1.29, 1.82) is 0 Å². The number of nitrogen functional groups attached to an aromatic ring is 1. The van der Waals surface area contributed by atoms with Crippen LogP contribution in [0.5, 0.6) is 5.75 Å². The largest absolute Gasteiger partial charge is 0.485 e. The van der Waals surface area contributed by atoms with Gasteiger partial charge in [0.15, 0.2) is 5.82 Å². The molecule has 0 aliphatic rings. The molecule has 9 nitrogen and oxygen atoms in total. The normalized spacial score (nSPS) is 11.3. The molecular formula is C23H27N7O2S. The standard InChI is InChI=1S/C23H27N7O2S/c1-15(2)18-7-6-16(3)13-19(18)31-14-20-27-28-23(30(20)24)33-12-4-5-21-26-22(29-32-21)17-8-10-25-11-9-17/h6-11,13,15H,4-5,12,14,24H2,1-3H3. The molecule has 0 aliphatic carbocycles. The van der Waals surface area contributed by atoms with E-state index >= 15 is 0 Å². The van der Waals surface area contributed by atoms with Crippen LogP contribution in [0.4, 0.5) is 0 Å². The minimum absolute atomic E-state index is 0.257. The molecule has 0 bridgehead atoms. The second kappa shape index (κ2) is 10.5. The van der Waals surface area contributed by atoms with Gasteiger partial charge in [-0.25, -0.2) is 4.68 Å². The van der Waals surface area contributed by atoms with E-state index in [1.807, 2.05) is 25.1 Å². The molecule has 0 saturated carbocycles. The number of rotatable bonds is 10. The van der Waals surface area contributed by atoms with Gasteiger partial charge < -0.3 is 15.1 Å². The minimum Gasteiger partial charge on any atom is -0.485 e. The van der Waals surface area contributed by atoms with E-state index in [2.05, 4.69) is 51.3 Å². The molecule has 0 spiro atoms. The van der Waals surface area contributed by atoms with Crippen molar-refractivity contribution in [3.8, 4) is 17.1 Å². The Kier molecular flexibility index (Phi) is 7.23. The molecule has 0 unspecified atom stereocenters. The summed E-state index contributed by atoms with van der Waals surface area (Å²) >= 11 is 1.53. The fourth-order valence-corrected chi connectivity index (χ4v) is 4.07. The first-order valence-electron chi connectivity index (χ1n) is 10.8. The SMILES string of the molecule is Cc1ccc(C(C)C)c(OCc2nnc(SCCCc3nc(-c4ccncc4)no3)n2N)c1. The number of aromatic nitrogens is 6. The number of nitrogens with zero attached hydrogens (tertiary/aromatic N) is 6. The van der Waals surface area contributed by atoms with Gasteiger partial charge in [-0.2, -0.15) is 4.98 Å². The third kappa shape index (κ3) is 5.70. The highest BCUT2D eigenvalue weighted by molar-refractivity contribution is 7.99. The molecular weight excluding hydrogens is 438 g/mol. The average Bonchev–Trinajstić information content (AvgIpc) is 3.42. The Balaban J connectivity index is 1.28. The van der Waals surface area contributed by atoms with Gasteiger partial charge in [-0.15, -0.1) is 10.2 Å². The molecule has 2 N–H and O–H groups in total. The van der Waals surface area contributed by atoms with E-state index in [0.717, 1.165) is 34.6 Å². The number of pyridine rings is 1. The zero-order valence-electron chi connectivity index (χ0n) is 18.9. The van der Waals surface area contributed by atoms with Crippen molar-refractivity contribution >= 4 is 11.8 Å². The molecule has 0 saturated heterocycles. The van der Waals surface area contributed by atoms with E-state index in [9.17, 15) is 0 Å². The summed E-state index contributed by atoms with van der Waals surface area (Å²) in [6.07, 6.45) is 4.91. The molecule has 4 rings (SSSR count). The Morgan fingerprint density at radius 3 is 2.76 bits per heavy atom. The van der Waals surface area contributed by atoms with Crippen molar-refractivity contribution in [2.45, 2.75) is 51.3 Å². The average molecular weight is 466 g/mol. The predicted octanol–water partition coefficient (Wildman–Crippen LogP) is 4.17. The van der Waals surface area contributed by atoms with E-state index in [-0.39, 0.29) is 6.61 Å². The van der Waals surface area contributed by atoms with Gasteiger partial charge in [0, 0.05) is 30.1 Å². The zero-order chi connectivity index (χ0) is 23.2. The Morgan fingerprint density at radius 2 is 1.97 bits per heavy atom. The molecule has 0 aliphatic heterocycles. The first-order valence-corrected chi connectivity index (χ1v) is 11.8. The summed E-state index contributed by atoms with van der Waals surface area (Å²) < 4.78 is 12.9. The third-order valence-corrected chi connectivity index (χ3v) is 6.09. The summed E-state index contributed by atoms with van der Waals surface area (Å²) in [6, 6.07) is 9.94. The number of thioether (sulfide) groups is 1. The van der Waals surface area contributed by atoms with Crippen molar-refractivity contribution in [1.82, 2.24) is 30.0 Å². The number of hydrogen-bond donors (Lipinski definition) is 1. The van der Waals surface area contributed by atoms with Crippen molar-refractivity contribution in [3.05, 3.63) is 65.6 Å². The lowest BCUT2D eigenvalue weighted by molar-refractivity contribution is 0.287. The van der Waals surface area contributed by atoms with E-state index < -0.39 is 0 Å². The molecule has 3 aromatic heterocycles. The molecule has 10 heteroatoms. The van der Waals surface area contributed by atoms with Crippen LogP contribution in [0.3, 0.4) is 0 Å². The molecule has 0 atom stereocenters. The summed E-state index contributed by atoms with van der Waals surface area (Å²) in [7, 11) is 0. The Bertz CT molecular complexity index is 1190. The van der Waals surface area contributed by atoms with Crippen LogP contribution in [0.15, 0.2) is 52.4 Å². The van der Waals surface area contributed by atoms with Crippen LogP contribution in [0.2, 0.25) is 0 Å². The number of nitrogens with two attached hydrogens (primary N) is 1. The lowest BCUT2D eigenvalue weighted by Crippen LogP contribution is -2.16. The van der Waals surface area contributed by atoms with Crippen LogP contribution in [0, 0.1) is 6.92 Å². The first kappa shape index (κ1) is 22.8. The maximum Gasteiger partial charge on any atom is 0.226 e. The van der Waals surface area contributed by atoms with Gasteiger partial charge in [0.05, 0.1) is 0 Å². The number of ether oxygens (including phenoxy) is 1. The molecule has 1 aromatic carbocycles. The van der Waals surface area contributed by atoms with Crippen molar-refractivity contribution < 1.29 is 9.26 Å². The molecule has 4 aromatic rings. The molecule has 172 valence electrons. The monoisotopic (exact) mass is 465 g/mol. The topological polar surface area (TPSA) is 118 Å². The van der Waals surface area contributed by atoms with E-state index in [1.165, 1.54) is 16.4 Å². The molecule has 0 fully saturated rings. The predicted molar refractivity (Wildman–Crippen MR) is 126 cm³/mol. The number of aryl methyl sites for hydroxylation is 2. The van der Waals surface area contributed by atoms with Crippen molar-refractivity contribution in [2.24, 2.45) is 0 Å². The van der Waals surface area contributed by atoms with E-state index in [4.69, 9.17) is 15.1 Å². The van der Waals surface area contributed by atoms with Crippen molar-refractivity contribution in [3.63, 3.8) is 0 Å². The highest BCUT2D eigenvalue weighted by atomic mass is 32.2. The fraction of sp³-hybridized carbons (Fsp3) is 0.348. The number of benzene rings is 1. The summed E-state index contributed by atoms with van der Waals surface area (Å²) in [5.74, 6) is 9.96. The third-order valence-electron chi connectivity index (χ3n) is 5.06. The Labute approximate surface area is 196 Å². The maximum atomic E-state index is 6.20. The molecule has 33 heavy (non-hydrogen) atoms. The quantitative estimate of drug-likeness (QED) is 0.209. The van der Waals surface area contributed by atoms with Gasteiger partial charge in [0.1, 0.15) is 12.4 Å². The first-order chi connectivity index (χ1) is 16.0. The number of hydrogen-bond acceptors (Lipinski definition) is 9. The maximum absolute atomic E-state index is 6.20. The van der Waals surface area contributed by atoms with Crippen LogP contribution in [-0.2, 0) is 13.0 Å². The summed E-state index contributed by atoms with van der Waals surface area (Å²) in [5.41, 5.74) is 3.19. The van der Waals surface area contributed by atoms with Gasteiger partial charge in [0.25, 0.3) is 0 Å².